The lowest BCUT2D eigenvalue weighted by Crippen LogP contribution is -2.32. The summed E-state index contributed by atoms with van der Waals surface area (Å²) in [5, 5.41) is 12.1. The van der Waals surface area contributed by atoms with E-state index in [2.05, 4.69) is 62.8 Å². The van der Waals surface area contributed by atoms with Crippen LogP contribution in [0.3, 0.4) is 0 Å². The summed E-state index contributed by atoms with van der Waals surface area (Å²) in [4.78, 5) is 7.05. The number of nitrogens with one attached hydrogen (secondary N) is 1. The van der Waals surface area contributed by atoms with E-state index < -0.39 is 0 Å². The maximum Gasteiger partial charge on any atom is 0.196 e. The topological polar surface area (TPSA) is 65.1 Å². The standard InChI is InChI=1S/C21H23N3O.C5H13N/c1-4-24(15(2)3)12-11-21-23-19-13-18(9-10-20(19)25-21)17-7-5-16(14-22)6-8-17;1-4-6-5(2)3/h5-10,13,15H,4,11-12H2,1-3H3;5-6H,4H2,1-3H3. The number of nitrogens with zero attached hydrogens (tertiary/aromatic N) is 3. The van der Waals surface area contributed by atoms with Crippen LogP contribution in [0, 0.1) is 11.3 Å². The fourth-order valence-electron chi connectivity index (χ4n) is 3.43. The molecule has 0 bridgehead atoms. The molecule has 0 unspecified atom stereocenters. The van der Waals surface area contributed by atoms with Gasteiger partial charge in [0.2, 0.25) is 0 Å². The van der Waals surface area contributed by atoms with Gasteiger partial charge in [0.15, 0.2) is 11.5 Å². The first-order chi connectivity index (χ1) is 14.9. The Balaban J connectivity index is 0.000000501. The number of hydrogen-bond acceptors (Lipinski definition) is 5. The molecule has 0 aliphatic rings. The minimum absolute atomic E-state index is 0.525. The molecule has 166 valence electrons. The summed E-state index contributed by atoms with van der Waals surface area (Å²) in [5.41, 5.74) is 4.51. The minimum atomic E-state index is 0.525. The van der Waals surface area contributed by atoms with Crippen molar-refractivity contribution in [1.29, 1.82) is 5.26 Å². The highest BCUT2D eigenvalue weighted by Gasteiger charge is 2.11. The normalized spacial score (nSPS) is 11.1. The second-order valence-corrected chi connectivity index (χ2v) is 8.16. The molecule has 0 saturated carbocycles. The highest BCUT2D eigenvalue weighted by molar-refractivity contribution is 5.80. The van der Waals surface area contributed by atoms with Gasteiger partial charge < -0.3 is 14.6 Å². The minimum Gasteiger partial charge on any atom is -0.441 e. The molecule has 0 saturated heterocycles. The van der Waals surface area contributed by atoms with Crippen molar-refractivity contribution in [3.63, 3.8) is 0 Å². The van der Waals surface area contributed by atoms with Crippen molar-refractivity contribution in [2.75, 3.05) is 19.6 Å². The first kappa shape index (κ1) is 24.6. The molecule has 31 heavy (non-hydrogen) atoms. The first-order valence-electron chi connectivity index (χ1n) is 11.2. The van der Waals surface area contributed by atoms with Crippen molar-refractivity contribution < 1.29 is 4.42 Å². The Hall–Kier alpha value is -2.68. The Morgan fingerprint density at radius 1 is 1.03 bits per heavy atom. The van der Waals surface area contributed by atoms with Crippen molar-refractivity contribution in [2.45, 2.75) is 60.0 Å². The van der Waals surface area contributed by atoms with E-state index in [-0.39, 0.29) is 0 Å². The molecule has 1 N–H and O–H groups in total. The Bertz CT molecular complexity index is 967. The lowest BCUT2D eigenvalue weighted by atomic mass is 10.0. The second-order valence-electron chi connectivity index (χ2n) is 8.16. The fourth-order valence-corrected chi connectivity index (χ4v) is 3.43. The Labute approximate surface area is 187 Å². The van der Waals surface area contributed by atoms with Crippen molar-refractivity contribution in [1.82, 2.24) is 15.2 Å². The molecular weight excluding hydrogens is 384 g/mol. The number of benzene rings is 2. The van der Waals surface area contributed by atoms with Gasteiger partial charge in [-0.15, -0.1) is 0 Å². The number of rotatable bonds is 8. The molecule has 0 amide bonds. The summed E-state index contributed by atoms with van der Waals surface area (Å²) in [6, 6.07) is 17.0. The molecule has 0 spiro atoms. The van der Waals surface area contributed by atoms with Gasteiger partial charge in [-0.1, -0.05) is 45.9 Å². The highest BCUT2D eigenvalue weighted by Crippen LogP contribution is 2.25. The second kappa shape index (κ2) is 12.2. The Morgan fingerprint density at radius 2 is 1.71 bits per heavy atom. The smallest absolute Gasteiger partial charge is 0.196 e. The van der Waals surface area contributed by atoms with Crippen LogP contribution >= 0.6 is 0 Å². The van der Waals surface area contributed by atoms with E-state index >= 15 is 0 Å². The number of nitriles is 1. The average Bonchev–Trinajstić information content (AvgIpc) is 3.16. The lowest BCUT2D eigenvalue weighted by molar-refractivity contribution is 0.231. The molecule has 0 aliphatic heterocycles. The predicted octanol–water partition coefficient (Wildman–Crippen LogP) is 5.64. The molecule has 0 radical (unpaired) electrons. The summed E-state index contributed by atoms with van der Waals surface area (Å²) in [6.07, 6.45) is 0.812. The van der Waals surface area contributed by atoms with Crippen molar-refractivity contribution in [3.8, 4) is 17.2 Å². The van der Waals surface area contributed by atoms with E-state index in [0.717, 1.165) is 54.2 Å². The monoisotopic (exact) mass is 420 g/mol. The van der Waals surface area contributed by atoms with E-state index in [1.165, 1.54) is 0 Å². The number of likely N-dealkylation sites (N-methyl/N-ethyl adjacent to an activating group) is 1. The molecular formula is C26H36N4O. The third-order valence-electron chi connectivity index (χ3n) is 5.14. The van der Waals surface area contributed by atoms with Crippen LogP contribution in [0.25, 0.3) is 22.2 Å². The van der Waals surface area contributed by atoms with Gasteiger partial charge in [-0.3, -0.25) is 0 Å². The first-order valence-corrected chi connectivity index (χ1v) is 11.2. The maximum atomic E-state index is 8.91. The summed E-state index contributed by atoms with van der Waals surface area (Å²) in [5.74, 6) is 0.783. The van der Waals surface area contributed by atoms with Gasteiger partial charge in [-0.05, 0) is 62.3 Å². The SMILES string of the molecule is CCN(CCc1nc2cc(-c3ccc(C#N)cc3)ccc2o1)C(C)C.CCNC(C)C. The van der Waals surface area contributed by atoms with Crippen molar-refractivity contribution in [3.05, 3.63) is 53.9 Å². The molecule has 3 rings (SSSR count). The van der Waals surface area contributed by atoms with Crippen LogP contribution < -0.4 is 5.32 Å². The molecule has 0 atom stereocenters. The van der Waals surface area contributed by atoms with E-state index in [0.29, 0.717) is 17.6 Å². The van der Waals surface area contributed by atoms with Crippen LogP contribution in [0.5, 0.6) is 0 Å². The largest absolute Gasteiger partial charge is 0.441 e. The summed E-state index contributed by atoms with van der Waals surface area (Å²) in [6.45, 7) is 16.0. The fraction of sp³-hybridized carbons (Fsp3) is 0.462. The van der Waals surface area contributed by atoms with Gasteiger partial charge in [0.05, 0.1) is 11.6 Å². The Kier molecular flexibility index (Phi) is 9.71. The zero-order valence-electron chi connectivity index (χ0n) is 19.8. The summed E-state index contributed by atoms with van der Waals surface area (Å²) >= 11 is 0. The van der Waals surface area contributed by atoms with Crippen LogP contribution in [0.15, 0.2) is 46.9 Å². The van der Waals surface area contributed by atoms with Crippen LogP contribution in [-0.2, 0) is 6.42 Å². The summed E-state index contributed by atoms with van der Waals surface area (Å²) in [7, 11) is 0. The van der Waals surface area contributed by atoms with E-state index in [9.17, 15) is 0 Å². The van der Waals surface area contributed by atoms with E-state index in [4.69, 9.17) is 9.68 Å². The predicted molar refractivity (Wildman–Crippen MR) is 129 cm³/mol. The third-order valence-corrected chi connectivity index (χ3v) is 5.14. The quantitative estimate of drug-likeness (QED) is 0.510. The van der Waals surface area contributed by atoms with Crippen molar-refractivity contribution >= 4 is 11.1 Å². The van der Waals surface area contributed by atoms with Gasteiger partial charge in [-0.2, -0.15) is 5.26 Å². The molecule has 5 nitrogen and oxygen atoms in total. The van der Waals surface area contributed by atoms with Gasteiger partial charge >= 0.3 is 0 Å². The van der Waals surface area contributed by atoms with Crippen LogP contribution in [-0.4, -0.2) is 41.6 Å². The van der Waals surface area contributed by atoms with E-state index in [1.54, 1.807) is 0 Å². The lowest BCUT2D eigenvalue weighted by Gasteiger charge is -2.23. The van der Waals surface area contributed by atoms with Gasteiger partial charge in [-0.25, -0.2) is 4.98 Å². The molecule has 1 aromatic heterocycles. The molecule has 1 heterocycles. The molecule has 3 aromatic rings. The highest BCUT2D eigenvalue weighted by atomic mass is 16.3. The Morgan fingerprint density at radius 3 is 2.23 bits per heavy atom. The molecule has 0 fully saturated rings. The molecule has 5 heteroatoms. The van der Waals surface area contributed by atoms with Crippen LogP contribution in [0.1, 0.15) is 53.0 Å². The van der Waals surface area contributed by atoms with Crippen LogP contribution in [0.4, 0.5) is 0 Å². The van der Waals surface area contributed by atoms with Gasteiger partial charge in [0.1, 0.15) is 5.52 Å². The number of fused-ring (bicyclic) bond motifs is 1. The molecule has 2 aromatic carbocycles. The average molecular weight is 421 g/mol. The van der Waals surface area contributed by atoms with Gasteiger partial charge in [0, 0.05) is 25.0 Å². The zero-order chi connectivity index (χ0) is 22.8. The zero-order valence-corrected chi connectivity index (χ0v) is 19.8. The van der Waals surface area contributed by atoms with Crippen molar-refractivity contribution in [2.24, 2.45) is 0 Å². The van der Waals surface area contributed by atoms with Gasteiger partial charge in [0.25, 0.3) is 0 Å². The number of oxazole rings is 1. The van der Waals surface area contributed by atoms with Crippen LogP contribution in [0.2, 0.25) is 0 Å². The molecule has 0 aliphatic carbocycles. The third kappa shape index (κ3) is 7.50. The number of aromatic nitrogens is 1. The maximum absolute atomic E-state index is 8.91. The number of hydrogen-bond donors (Lipinski definition) is 1. The summed E-state index contributed by atoms with van der Waals surface area (Å²) < 4.78 is 5.89. The van der Waals surface area contributed by atoms with E-state index in [1.807, 2.05) is 42.5 Å².